The molecule has 0 aromatic heterocycles. The van der Waals surface area contributed by atoms with Gasteiger partial charge in [-0.25, -0.2) is 8.42 Å². The largest absolute Gasteiger partial charge is 0.507 e. The number of carbonyl (C=O) groups is 3. The van der Waals surface area contributed by atoms with Gasteiger partial charge in [-0.3, -0.25) is 19.4 Å². The molecular weight excluding hydrogens is 803 g/mol. The molecule has 4 aliphatic heterocycles. The highest BCUT2D eigenvalue weighted by molar-refractivity contribution is 7.91. The second-order valence-electron chi connectivity index (χ2n) is 16.0. The van der Waals surface area contributed by atoms with Gasteiger partial charge in [0.1, 0.15) is 23.4 Å². The minimum atomic E-state index is -3.28. The van der Waals surface area contributed by atoms with E-state index in [1.54, 1.807) is 33.8 Å². The Hall–Kier alpha value is -5.17. The Bertz CT molecular complexity index is 2260. The Morgan fingerprint density at radius 1 is 0.967 bits per heavy atom. The number of ketones is 1. The maximum atomic E-state index is 14.4. The van der Waals surface area contributed by atoms with E-state index in [9.17, 15) is 48.3 Å². The van der Waals surface area contributed by atoms with Crippen LogP contribution in [-0.4, -0.2) is 125 Å². The number of fused-ring (bicyclic) bond motifs is 14. The van der Waals surface area contributed by atoms with Crippen molar-refractivity contribution in [1.29, 1.82) is 0 Å². The lowest BCUT2D eigenvalue weighted by atomic mass is 9.78. The number of hydrogen-bond donors (Lipinski definition) is 6. The molecule has 4 heterocycles. The summed E-state index contributed by atoms with van der Waals surface area (Å²) < 4.78 is 47.6. The van der Waals surface area contributed by atoms with Crippen LogP contribution in [0.25, 0.3) is 10.8 Å². The summed E-state index contributed by atoms with van der Waals surface area (Å²) in [6, 6.07) is 0. The van der Waals surface area contributed by atoms with Crippen LogP contribution >= 0.6 is 0 Å². The molecule has 2 aromatic carbocycles. The minimum absolute atomic E-state index is 0.00232. The maximum Gasteiger partial charge on any atom is 0.312 e. The summed E-state index contributed by atoms with van der Waals surface area (Å²) in [5.74, 6) is -9.35. The molecule has 9 atom stereocenters. The smallest absolute Gasteiger partial charge is 0.312 e. The number of phenols is 3. The van der Waals surface area contributed by atoms with Crippen molar-refractivity contribution in [3.8, 4) is 23.0 Å². The number of ether oxygens (including phenoxy) is 4. The van der Waals surface area contributed by atoms with E-state index in [0.29, 0.717) is 0 Å². The quantitative estimate of drug-likeness (QED) is 0.111. The number of allylic oxidation sites excluding steroid dienone is 2. The monoisotopic (exact) mass is 857 g/mol. The van der Waals surface area contributed by atoms with E-state index in [-0.39, 0.29) is 69.1 Å². The molecule has 328 valence electrons. The van der Waals surface area contributed by atoms with Gasteiger partial charge in [-0.15, -0.1) is 0 Å². The summed E-state index contributed by atoms with van der Waals surface area (Å²) >= 11 is 0. The van der Waals surface area contributed by atoms with E-state index in [2.05, 4.69) is 10.4 Å². The first kappa shape index (κ1) is 45.9. The molecule has 6 rings (SSSR count). The number of Topliss-reactive ketones (excluding diaryl/α,β-unsaturated/α-hetero) is 1. The van der Waals surface area contributed by atoms with Gasteiger partial charge in [0.2, 0.25) is 0 Å². The summed E-state index contributed by atoms with van der Waals surface area (Å²) in [5, 5.41) is 65.9. The van der Waals surface area contributed by atoms with Gasteiger partial charge in [0.25, 0.3) is 11.7 Å². The fourth-order valence-electron chi connectivity index (χ4n) is 7.83. The molecule has 17 nitrogen and oxygen atoms in total. The third-order valence-corrected chi connectivity index (χ3v) is 13.3. The molecule has 9 unspecified atom stereocenters. The van der Waals surface area contributed by atoms with E-state index in [4.69, 9.17) is 18.9 Å². The second-order valence-corrected chi connectivity index (χ2v) is 18.3. The highest BCUT2D eigenvalue weighted by Gasteiger charge is 2.50. The normalized spacial score (nSPS) is 30.3. The highest BCUT2D eigenvalue weighted by Crippen LogP contribution is 2.55. The molecule has 18 heteroatoms. The molecular formula is C42H55N3O14S. The molecule has 0 aliphatic carbocycles. The summed E-state index contributed by atoms with van der Waals surface area (Å²) in [4.78, 5) is 40.4. The van der Waals surface area contributed by atoms with Gasteiger partial charge in [0.15, 0.2) is 15.6 Å². The molecule has 60 heavy (non-hydrogen) atoms. The first-order chi connectivity index (χ1) is 28.0. The van der Waals surface area contributed by atoms with E-state index in [1.165, 1.54) is 58.0 Å². The molecule has 4 aliphatic rings. The average molecular weight is 858 g/mol. The van der Waals surface area contributed by atoms with Crippen molar-refractivity contribution in [3.05, 3.63) is 52.8 Å². The minimum Gasteiger partial charge on any atom is -0.507 e. The number of methoxy groups -OCH3 is 1. The Balaban J connectivity index is 1.71. The molecule has 0 radical (unpaired) electrons. The van der Waals surface area contributed by atoms with Gasteiger partial charge in [-0.2, -0.15) is 5.10 Å². The lowest BCUT2D eigenvalue weighted by Crippen LogP contribution is -2.46. The van der Waals surface area contributed by atoms with Crippen LogP contribution in [0.1, 0.15) is 70.0 Å². The summed E-state index contributed by atoms with van der Waals surface area (Å²) in [7, 11) is -1.87. The van der Waals surface area contributed by atoms with Crippen LogP contribution < -0.4 is 10.1 Å². The van der Waals surface area contributed by atoms with Crippen molar-refractivity contribution in [2.24, 2.45) is 28.8 Å². The number of nitrogens with zero attached hydrogens (tertiary/aromatic N) is 2. The summed E-state index contributed by atoms with van der Waals surface area (Å²) in [6.07, 6.45) is 4.36. The SMILES string of the molecule is COC1C=COC2(C)Oc3c(C)c(O)c4c(O)c(c(/C=N/N5CCS(=O)(=O)CC5)c(O)c4c3C2=O)NC(=O)C(C)=CC=CC(C)C(O)C(C)C(O)C(C)C(OC(C)=O)C1C. The topological polar surface area (TPSA) is 251 Å². The third-order valence-electron chi connectivity index (χ3n) is 11.7. The van der Waals surface area contributed by atoms with Crippen LogP contribution in [0.15, 0.2) is 41.2 Å². The number of anilines is 1. The molecule has 1 fully saturated rings. The van der Waals surface area contributed by atoms with Crippen LogP contribution in [0.4, 0.5) is 5.69 Å². The van der Waals surface area contributed by atoms with Crippen LogP contribution in [0, 0.1) is 30.6 Å². The van der Waals surface area contributed by atoms with E-state index < -0.39 is 98.6 Å². The number of aromatic hydroxyl groups is 3. The molecule has 1 amide bonds. The number of aliphatic hydroxyl groups excluding tert-OH is 2. The predicted molar refractivity (Wildman–Crippen MR) is 222 cm³/mol. The number of sulfone groups is 1. The molecule has 1 saturated heterocycles. The van der Waals surface area contributed by atoms with Crippen molar-refractivity contribution in [3.63, 3.8) is 0 Å². The Kier molecular flexibility index (Phi) is 13.6. The van der Waals surface area contributed by atoms with Crippen molar-refractivity contribution in [2.45, 2.75) is 85.6 Å². The Morgan fingerprint density at radius 2 is 1.62 bits per heavy atom. The number of rotatable bonds is 4. The number of carbonyl (C=O) groups excluding carboxylic acids is 3. The molecule has 6 N–H and O–H groups in total. The number of nitrogens with one attached hydrogen (secondary N) is 1. The predicted octanol–water partition coefficient (Wildman–Crippen LogP) is 3.82. The lowest BCUT2D eigenvalue weighted by Gasteiger charge is -2.38. The number of hydrogen-bond acceptors (Lipinski definition) is 16. The molecule has 2 aromatic rings. The number of amides is 1. The average Bonchev–Trinajstić information content (AvgIpc) is 3.46. The fraction of sp³-hybridized carbons (Fsp3) is 0.524. The number of esters is 1. The number of hydrazone groups is 1. The first-order valence-electron chi connectivity index (χ1n) is 19.6. The van der Waals surface area contributed by atoms with Gasteiger partial charge in [-0.1, -0.05) is 45.9 Å². The van der Waals surface area contributed by atoms with Crippen molar-refractivity contribution in [1.82, 2.24) is 5.01 Å². The summed E-state index contributed by atoms with van der Waals surface area (Å²) in [5.41, 5.74) is -0.791. The Labute approximate surface area is 348 Å². The summed E-state index contributed by atoms with van der Waals surface area (Å²) in [6.45, 7) is 12.3. The zero-order valence-electron chi connectivity index (χ0n) is 35.1. The van der Waals surface area contributed by atoms with Gasteiger partial charge in [-0.05, 0) is 19.9 Å². The van der Waals surface area contributed by atoms with Crippen LogP contribution in [0.5, 0.6) is 23.0 Å². The van der Waals surface area contributed by atoms with Gasteiger partial charge in [0, 0.05) is 61.2 Å². The number of phenolic OH excluding ortho intramolecular Hbond substituents is 3. The molecule has 5 bridgehead atoms. The molecule has 0 saturated carbocycles. The van der Waals surface area contributed by atoms with Crippen molar-refractivity contribution in [2.75, 3.05) is 37.0 Å². The van der Waals surface area contributed by atoms with E-state index in [1.807, 2.05) is 0 Å². The van der Waals surface area contributed by atoms with E-state index >= 15 is 0 Å². The standard InChI is InChI=1S/C42H55N3O14S/c1-20-11-10-12-21(2)41(53)44-32-27(19-43-45-14-17-60(54,55)18-15-45)36(50)29-30(37(32)51)35(49)25(6)39-31(29)40(52)42(8,59-39)57-16-13-28(56-9)22(3)38(58-26(7)46)24(5)34(48)23(4)33(20)47/h10-13,16,19-20,22-24,28,33-34,38,47-51H,14-15,17-18H2,1-9H3,(H,44,53)/b11-10?,16-13?,21-12?,43-19+. The van der Waals surface area contributed by atoms with E-state index in [0.717, 1.165) is 12.5 Å². The van der Waals surface area contributed by atoms with Gasteiger partial charge >= 0.3 is 11.8 Å². The van der Waals surface area contributed by atoms with Crippen molar-refractivity contribution >= 4 is 50.2 Å². The fourth-order valence-corrected chi connectivity index (χ4v) is 9.01. The van der Waals surface area contributed by atoms with Gasteiger partial charge < -0.3 is 49.8 Å². The number of aliphatic hydroxyl groups is 2. The Morgan fingerprint density at radius 3 is 2.23 bits per heavy atom. The second kappa shape index (κ2) is 17.8. The van der Waals surface area contributed by atoms with Crippen molar-refractivity contribution < 1.29 is 67.3 Å². The molecule has 0 spiro atoms. The van der Waals surface area contributed by atoms with Gasteiger partial charge in [0.05, 0.1) is 77.6 Å². The third kappa shape index (κ3) is 8.96. The van der Waals surface area contributed by atoms with Crippen LogP contribution in [-0.2, 0) is 33.6 Å². The highest BCUT2D eigenvalue weighted by atomic mass is 32.2. The zero-order valence-corrected chi connectivity index (χ0v) is 35.9. The maximum absolute atomic E-state index is 14.4. The zero-order chi connectivity index (χ0) is 44.6. The number of benzene rings is 2. The van der Waals surface area contributed by atoms with Crippen LogP contribution in [0.3, 0.4) is 0 Å². The lowest BCUT2D eigenvalue weighted by molar-refractivity contribution is -0.160. The van der Waals surface area contributed by atoms with Crippen LogP contribution in [0.2, 0.25) is 0 Å². The first-order valence-corrected chi connectivity index (χ1v) is 21.4.